The third kappa shape index (κ3) is 5.20. The Bertz CT molecular complexity index is 731. The minimum Gasteiger partial charge on any atom is -0.497 e. The molecule has 0 bridgehead atoms. The molecule has 1 aromatic heterocycles. The van der Waals surface area contributed by atoms with Crippen molar-refractivity contribution in [3.8, 4) is 11.4 Å². The van der Waals surface area contributed by atoms with Gasteiger partial charge in [-0.15, -0.1) is 5.10 Å². The molecule has 2 amide bonds. The summed E-state index contributed by atoms with van der Waals surface area (Å²) in [4.78, 5) is 24.6. The predicted molar refractivity (Wildman–Crippen MR) is 90.8 cm³/mol. The molecule has 0 radical (unpaired) electrons. The van der Waals surface area contributed by atoms with Gasteiger partial charge in [0.1, 0.15) is 5.75 Å². The van der Waals surface area contributed by atoms with Crippen LogP contribution in [0.15, 0.2) is 30.5 Å². The second-order valence-corrected chi connectivity index (χ2v) is 5.29. The molecule has 0 saturated heterocycles. The Hall–Kier alpha value is -3.10. The lowest BCUT2D eigenvalue weighted by Crippen LogP contribution is -2.28. The molecule has 2 rings (SSSR count). The molecule has 1 aromatic carbocycles. The van der Waals surface area contributed by atoms with Crippen molar-refractivity contribution in [2.24, 2.45) is 0 Å². The van der Waals surface area contributed by atoms with Crippen LogP contribution in [-0.4, -0.2) is 59.7 Å². The number of methoxy groups -OCH3 is 2. The van der Waals surface area contributed by atoms with Crippen molar-refractivity contribution in [1.29, 1.82) is 0 Å². The number of hydrogen-bond acceptors (Lipinski definition) is 6. The maximum atomic E-state index is 11.9. The van der Waals surface area contributed by atoms with Crippen LogP contribution < -0.4 is 10.1 Å². The summed E-state index contributed by atoms with van der Waals surface area (Å²) in [5.41, 5.74) is 0.770. The highest BCUT2D eigenvalue weighted by molar-refractivity contribution is 5.89. The fourth-order valence-electron chi connectivity index (χ4n) is 2.13. The molecular weight excluding hydrogens is 326 g/mol. The molecule has 134 valence electrons. The van der Waals surface area contributed by atoms with Gasteiger partial charge in [-0.05, 0) is 18.6 Å². The Morgan fingerprint density at radius 3 is 2.84 bits per heavy atom. The summed E-state index contributed by atoms with van der Waals surface area (Å²) in [6, 6.07) is 7.33. The van der Waals surface area contributed by atoms with E-state index >= 15 is 0 Å². The fourth-order valence-corrected chi connectivity index (χ4v) is 2.13. The number of rotatable bonds is 7. The maximum Gasteiger partial charge on any atom is 0.409 e. The average molecular weight is 347 g/mol. The van der Waals surface area contributed by atoms with Gasteiger partial charge in [0.25, 0.3) is 0 Å². The Kier molecular flexibility index (Phi) is 6.33. The topological polar surface area (TPSA) is 98.6 Å². The summed E-state index contributed by atoms with van der Waals surface area (Å²) < 4.78 is 11.3. The Labute approximate surface area is 145 Å². The smallest absolute Gasteiger partial charge is 0.409 e. The zero-order valence-corrected chi connectivity index (χ0v) is 14.4. The van der Waals surface area contributed by atoms with Crippen LogP contribution >= 0.6 is 0 Å². The van der Waals surface area contributed by atoms with Crippen LogP contribution in [0.5, 0.6) is 5.75 Å². The number of amides is 2. The fraction of sp³-hybridized carbons (Fsp3) is 0.375. The van der Waals surface area contributed by atoms with Gasteiger partial charge in [-0.2, -0.15) is 0 Å². The standard InChI is InChI=1S/C16H21N5O4/c1-20(16(23)25-3)9-5-8-15(22)17-14-11-21(19-18-14)12-6-4-7-13(10-12)24-2/h4,6-7,10-11H,5,8-9H2,1-3H3,(H,17,22). The van der Waals surface area contributed by atoms with Gasteiger partial charge in [0, 0.05) is 26.1 Å². The van der Waals surface area contributed by atoms with Crippen LogP contribution in [0.4, 0.5) is 10.6 Å². The van der Waals surface area contributed by atoms with Gasteiger partial charge in [-0.3, -0.25) is 4.79 Å². The first-order chi connectivity index (χ1) is 12.0. The highest BCUT2D eigenvalue weighted by atomic mass is 16.5. The highest BCUT2D eigenvalue weighted by Crippen LogP contribution is 2.16. The number of hydrogen-bond donors (Lipinski definition) is 1. The van der Waals surface area contributed by atoms with Crippen LogP contribution in [0.3, 0.4) is 0 Å². The second kappa shape index (κ2) is 8.67. The summed E-state index contributed by atoms with van der Waals surface area (Å²) in [6.07, 6.45) is 1.96. The average Bonchev–Trinajstić information content (AvgIpc) is 3.09. The van der Waals surface area contributed by atoms with Crippen molar-refractivity contribution in [3.05, 3.63) is 30.5 Å². The summed E-state index contributed by atoms with van der Waals surface area (Å²) in [5, 5.41) is 10.6. The molecule has 0 saturated carbocycles. The summed E-state index contributed by atoms with van der Waals surface area (Å²) >= 11 is 0. The van der Waals surface area contributed by atoms with Crippen LogP contribution in [-0.2, 0) is 9.53 Å². The summed E-state index contributed by atoms with van der Waals surface area (Å²) in [7, 11) is 4.52. The van der Waals surface area contributed by atoms with Gasteiger partial charge in [0.05, 0.1) is 26.1 Å². The van der Waals surface area contributed by atoms with Crippen LogP contribution in [0.2, 0.25) is 0 Å². The van der Waals surface area contributed by atoms with Crippen molar-refractivity contribution in [2.45, 2.75) is 12.8 Å². The largest absolute Gasteiger partial charge is 0.497 e. The van der Waals surface area contributed by atoms with Crippen molar-refractivity contribution in [3.63, 3.8) is 0 Å². The molecule has 0 aliphatic rings. The molecule has 2 aromatic rings. The van der Waals surface area contributed by atoms with E-state index in [1.807, 2.05) is 24.3 Å². The van der Waals surface area contributed by atoms with Crippen molar-refractivity contribution in [1.82, 2.24) is 19.9 Å². The van der Waals surface area contributed by atoms with E-state index in [0.29, 0.717) is 24.5 Å². The zero-order chi connectivity index (χ0) is 18.2. The number of benzene rings is 1. The van der Waals surface area contributed by atoms with Crippen molar-refractivity contribution >= 4 is 17.8 Å². The van der Waals surface area contributed by atoms with E-state index in [1.165, 1.54) is 12.0 Å². The minimum atomic E-state index is -0.429. The Balaban J connectivity index is 1.86. The maximum absolute atomic E-state index is 11.9. The van der Waals surface area contributed by atoms with Gasteiger partial charge in [-0.1, -0.05) is 11.3 Å². The predicted octanol–water partition coefficient (Wildman–Crippen LogP) is 1.69. The van der Waals surface area contributed by atoms with Gasteiger partial charge in [-0.25, -0.2) is 9.48 Å². The Morgan fingerprint density at radius 2 is 2.12 bits per heavy atom. The van der Waals surface area contributed by atoms with Crippen LogP contribution in [0.25, 0.3) is 5.69 Å². The summed E-state index contributed by atoms with van der Waals surface area (Å²) in [6.45, 7) is 0.427. The SMILES string of the molecule is COC(=O)N(C)CCCC(=O)Nc1cn(-c2cccc(OC)c2)nn1. The third-order valence-electron chi connectivity index (χ3n) is 3.46. The lowest BCUT2D eigenvalue weighted by molar-refractivity contribution is -0.116. The Morgan fingerprint density at radius 1 is 1.32 bits per heavy atom. The van der Waals surface area contributed by atoms with Crippen molar-refractivity contribution < 1.29 is 19.1 Å². The van der Waals surface area contributed by atoms with E-state index in [1.54, 1.807) is 25.0 Å². The van der Waals surface area contributed by atoms with Crippen LogP contribution in [0.1, 0.15) is 12.8 Å². The van der Waals surface area contributed by atoms with E-state index in [9.17, 15) is 9.59 Å². The van der Waals surface area contributed by atoms with Crippen molar-refractivity contribution in [2.75, 3.05) is 33.1 Å². The van der Waals surface area contributed by atoms with E-state index in [0.717, 1.165) is 5.69 Å². The van der Waals surface area contributed by atoms with E-state index < -0.39 is 6.09 Å². The zero-order valence-electron chi connectivity index (χ0n) is 14.4. The number of anilines is 1. The first kappa shape index (κ1) is 18.2. The number of nitrogens with zero attached hydrogens (tertiary/aromatic N) is 4. The lowest BCUT2D eigenvalue weighted by Gasteiger charge is -2.14. The van der Waals surface area contributed by atoms with Gasteiger partial charge < -0.3 is 19.7 Å². The molecule has 0 unspecified atom stereocenters. The minimum absolute atomic E-state index is 0.198. The normalized spacial score (nSPS) is 10.2. The van der Waals surface area contributed by atoms with Gasteiger partial charge in [0.15, 0.2) is 5.82 Å². The first-order valence-electron chi connectivity index (χ1n) is 7.69. The molecule has 1 N–H and O–H groups in total. The lowest BCUT2D eigenvalue weighted by atomic mass is 10.3. The molecule has 9 heteroatoms. The van der Waals surface area contributed by atoms with Crippen LogP contribution in [0, 0.1) is 0 Å². The number of ether oxygens (including phenoxy) is 2. The molecule has 9 nitrogen and oxygen atoms in total. The van der Waals surface area contributed by atoms with E-state index in [2.05, 4.69) is 20.4 Å². The number of nitrogens with one attached hydrogen (secondary N) is 1. The molecule has 0 spiro atoms. The number of aromatic nitrogens is 3. The van der Waals surface area contributed by atoms with Gasteiger partial charge >= 0.3 is 6.09 Å². The molecule has 1 heterocycles. The molecule has 0 fully saturated rings. The monoisotopic (exact) mass is 347 g/mol. The second-order valence-electron chi connectivity index (χ2n) is 5.29. The molecule has 25 heavy (non-hydrogen) atoms. The highest BCUT2D eigenvalue weighted by Gasteiger charge is 2.10. The number of carbonyl (C=O) groups is 2. The molecule has 0 atom stereocenters. The third-order valence-corrected chi connectivity index (χ3v) is 3.46. The molecular formula is C16H21N5O4. The number of carbonyl (C=O) groups excluding carboxylic acids is 2. The van der Waals surface area contributed by atoms with Gasteiger partial charge in [0.2, 0.25) is 5.91 Å². The quantitative estimate of drug-likeness (QED) is 0.818. The summed E-state index contributed by atoms with van der Waals surface area (Å²) in [5.74, 6) is 0.860. The molecule has 0 aliphatic carbocycles. The van der Waals surface area contributed by atoms with E-state index in [-0.39, 0.29) is 12.3 Å². The molecule has 0 aliphatic heterocycles. The van der Waals surface area contributed by atoms with E-state index in [4.69, 9.17) is 4.74 Å². The first-order valence-corrected chi connectivity index (χ1v) is 7.69.